The summed E-state index contributed by atoms with van der Waals surface area (Å²) in [6.07, 6.45) is 1.79. The summed E-state index contributed by atoms with van der Waals surface area (Å²) in [6.45, 7) is 2.43. The number of anilines is 1. The Labute approximate surface area is 163 Å². The molecule has 0 saturated heterocycles. The molecule has 0 atom stereocenters. The molecular formula is C20H19N3O3S. The van der Waals surface area contributed by atoms with Crippen molar-refractivity contribution >= 4 is 34.9 Å². The number of carbonyl (C=O) groups is 2. The molecule has 6 nitrogen and oxygen atoms in total. The third kappa shape index (κ3) is 6.20. The first-order valence-corrected chi connectivity index (χ1v) is 8.84. The number of carbonyl (C=O) groups excluding carboxylic acids is 2. The van der Waals surface area contributed by atoms with E-state index in [1.807, 2.05) is 13.0 Å². The topological polar surface area (TPSA) is 91.2 Å². The van der Waals surface area contributed by atoms with E-state index < -0.39 is 0 Å². The highest BCUT2D eigenvalue weighted by atomic mass is 32.1. The molecule has 0 radical (unpaired) electrons. The Bertz CT molecular complexity index is 856. The number of esters is 1. The molecule has 0 spiro atoms. The van der Waals surface area contributed by atoms with Gasteiger partial charge in [0.25, 0.3) is 5.91 Å². The SMILES string of the molecule is CCCCOC(=O)c1ccc(NC(=S)NC(=O)c2ccc(C#N)cc2)cc1. The fourth-order valence-corrected chi connectivity index (χ4v) is 2.33. The van der Waals surface area contributed by atoms with Crippen molar-refractivity contribution in [2.24, 2.45) is 0 Å². The van der Waals surface area contributed by atoms with Crippen molar-refractivity contribution in [2.75, 3.05) is 11.9 Å². The van der Waals surface area contributed by atoms with Crippen molar-refractivity contribution in [1.29, 1.82) is 5.26 Å². The van der Waals surface area contributed by atoms with Crippen LogP contribution in [0, 0.1) is 11.3 Å². The molecule has 0 fully saturated rings. The first kappa shape index (κ1) is 20.1. The van der Waals surface area contributed by atoms with E-state index in [0.717, 1.165) is 12.8 Å². The molecule has 7 heteroatoms. The van der Waals surface area contributed by atoms with Crippen molar-refractivity contribution in [3.63, 3.8) is 0 Å². The summed E-state index contributed by atoms with van der Waals surface area (Å²) in [4.78, 5) is 24.0. The molecule has 0 aliphatic heterocycles. The zero-order chi connectivity index (χ0) is 19.6. The Morgan fingerprint density at radius 1 is 1.07 bits per heavy atom. The smallest absolute Gasteiger partial charge is 0.338 e. The molecule has 2 aromatic rings. The monoisotopic (exact) mass is 381 g/mol. The standard InChI is InChI=1S/C20H19N3O3S/c1-2-3-12-26-19(25)16-8-10-17(11-9-16)22-20(27)23-18(24)15-6-4-14(13-21)5-7-15/h4-11H,2-3,12H2,1H3,(H2,22,23,24,27). The van der Waals surface area contributed by atoms with Gasteiger partial charge in [0.2, 0.25) is 0 Å². The van der Waals surface area contributed by atoms with Gasteiger partial charge in [0.05, 0.1) is 23.8 Å². The van der Waals surface area contributed by atoms with Crippen LogP contribution in [0.5, 0.6) is 0 Å². The fourth-order valence-electron chi connectivity index (χ4n) is 2.12. The lowest BCUT2D eigenvalue weighted by atomic mass is 10.1. The van der Waals surface area contributed by atoms with Crippen molar-refractivity contribution < 1.29 is 14.3 Å². The number of hydrogen-bond donors (Lipinski definition) is 2. The van der Waals surface area contributed by atoms with Crippen LogP contribution >= 0.6 is 12.2 Å². The summed E-state index contributed by atoms with van der Waals surface area (Å²) in [6, 6.07) is 14.8. The van der Waals surface area contributed by atoms with Gasteiger partial charge in [-0.25, -0.2) is 4.79 Å². The van der Waals surface area contributed by atoms with Gasteiger partial charge in [0.1, 0.15) is 0 Å². The maximum absolute atomic E-state index is 12.1. The van der Waals surface area contributed by atoms with Crippen LogP contribution in [0.4, 0.5) is 5.69 Å². The number of nitrogens with zero attached hydrogens (tertiary/aromatic N) is 1. The lowest BCUT2D eigenvalue weighted by Crippen LogP contribution is -2.34. The zero-order valence-corrected chi connectivity index (χ0v) is 15.6. The lowest BCUT2D eigenvalue weighted by Gasteiger charge is -2.10. The fraction of sp³-hybridized carbons (Fsp3) is 0.200. The molecule has 2 N–H and O–H groups in total. The van der Waals surface area contributed by atoms with E-state index in [-0.39, 0.29) is 17.0 Å². The summed E-state index contributed by atoms with van der Waals surface area (Å²) in [5, 5.41) is 14.3. The molecule has 2 rings (SSSR count). The molecule has 0 unspecified atom stereocenters. The van der Waals surface area contributed by atoms with Crippen molar-refractivity contribution in [2.45, 2.75) is 19.8 Å². The molecule has 2 aromatic carbocycles. The second-order valence-electron chi connectivity index (χ2n) is 5.66. The summed E-state index contributed by atoms with van der Waals surface area (Å²) in [7, 11) is 0. The van der Waals surface area contributed by atoms with E-state index in [0.29, 0.717) is 29.0 Å². The third-order valence-electron chi connectivity index (χ3n) is 3.61. The Kier molecular flexibility index (Phi) is 7.47. The van der Waals surface area contributed by atoms with Gasteiger partial charge in [0, 0.05) is 11.3 Å². The number of unbranched alkanes of at least 4 members (excludes halogenated alkanes) is 1. The van der Waals surface area contributed by atoms with Gasteiger partial charge in [-0.3, -0.25) is 10.1 Å². The Hall–Kier alpha value is -3.24. The van der Waals surface area contributed by atoms with Crippen LogP contribution in [0.1, 0.15) is 46.0 Å². The highest BCUT2D eigenvalue weighted by molar-refractivity contribution is 7.80. The molecule has 0 saturated carbocycles. The van der Waals surface area contributed by atoms with E-state index in [9.17, 15) is 9.59 Å². The van der Waals surface area contributed by atoms with E-state index in [2.05, 4.69) is 10.6 Å². The number of ether oxygens (including phenoxy) is 1. The second kappa shape index (κ2) is 10.0. The van der Waals surface area contributed by atoms with Gasteiger partial charge >= 0.3 is 5.97 Å². The number of nitrogens with one attached hydrogen (secondary N) is 2. The van der Waals surface area contributed by atoms with Gasteiger partial charge in [-0.15, -0.1) is 0 Å². The Balaban J connectivity index is 1.88. The number of hydrogen-bond acceptors (Lipinski definition) is 5. The number of nitriles is 1. The predicted octanol–water partition coefficient (Wildman–Crippen LogP) is 3.64. The normalized spacial score (nSPS) is 9.78. The molecule has 138 valence electrons. The van der Waals surface area contributed by atoms with Gasteiger partial charge in [-0.1, -0.05) is 13.3 Å². The predicted molar refractivity (Wildman–Crippen MR) is 106 cm³/mol. The van der Waals surface area contributed by atoms with Crippen LogP contribution in [0.15, 0.2) is 48.5 Å². The molecule has 27 heavy (non-hydrogen) atoms. The molecule has 0 bridgehead atoms. The number of amides is 1. The molecule has 0 aliphatic rings. The first-order chi connectivity index (χ1) is 13.0. The quantitative estimate of drug-likeness (QED) is 0.451. The van der Waals surface area contributed by atoms with Gasteiger partial charge in [-0.2, -0.15) is 5.26 Å². The average molecular weight is 381 g/mol. The van der Waals surface area contributed by atoms with Crippen LogP contribution < -0.4 is 10.6 Å². The number of benzene rings is 2. The van der Waals surface area contributed by atoms with E-state index in [1.165, 1.54) is 0 Å². The van der Waals surface area contributed by atoms with E-state index in [1.54, 1.807) is 48.5 Å². The summed E-state index contributed by atoms with van der Waals surface area (Å²) in [5.74, 6) is -0.750. The maximum atomic E-state index is 12.1. The Morgan fingerprint density at radius 2 is 1.70 bits per heavy atom. The maximum Gasteiger partial charge on any atom is 0.338 e. The van der Waals surface area contributed by atoms with Crippen molar-refractivity contribution in [1.82, 2.24) is 5.32 Å². The Morgan fingerprint density at radius 3 is 2.30 bits per heavy atom. The highest BCUT2D eigenvalue weighted by Gasteiger charge is 2.09. The summed E-state index contributed by atoms with van der Waals surface area (Å²) >= 11 is 5.13. The van der Waals surface area contributed by atoms with Crippen molar-refractivity contribution in [3.8, 4) is 6.07 Å². The number of thiocarbonyl (C=S) groups is 1. The lowest BCUT2D eigenvalue weighted by molar-refractivity contribution is 0.0499. The van der Waals surface area contributed by atoms with E-state index >= 15 is 0 Å². The largest absolute Gasteiger partial charge is 0.462 e. The van der Waals surface area contributed by atoms with Crippen molar-refractivity contribution in [3.05, 3.63) is 65.2 Å². The van der Waals surface area contributed by atoms with Gasteiger partial charge in [-0.05, 0) is 67.2 Å². The highest BCUT2D eigenvalue weighted by Crippen LogP contribution is 2.11. The summed E-state index contributed by atoms with van der Waals surface area (Å²) < 4.78 is 5.15. The first-order valence-electron chi connectivity index (χ1n) is 8.43. The zero-order valence-electron chi connectivity index (χ0n) is 14.8. The molecule has 0 heterocycles. The van der Waals surface area contributed by atoms with Crippen LogP contribution in [0.2, 0.25) is 0 Å². The van der Waals surface area contributed by atoms with Crippen LogP contribution in [0.25, 0.3) is 0 Å². The molecule has 0 aliphatic carbocycles. The van der Waals surface area contributed by atoms with E-state index in [4.69, 9.17) is 22.2 Å². The van der Waals surface area contributed by atoms with Gasteiger partial charge < -0.3 is 10.1 Å². The molecule has 1 amide bonds. The average Bonchev–Trinajstić information content (AvgIpc) is 2.68. The minimum atomic E-state index is -0.381. The molecule has 0 aromatic heterocycles. The van der Waals surface area contributed by atoms with Gasteiger partial charge in [0.15, 0.2) is 5.11 Å². The minimum absolute atomic E-state index is 0.127. The molecular weight excluding hydrogens is 362 g/mol. The second-order valence-corrected chi connectivity index (χ2v) is 6.07. The van der Waals surface area contributed by atoms with Crippen LogP contribution in [0.3, 0.4) is 0 Å². The third-order valence-corrected chi connectivity index (χ3v) is 3.82. The number of rotatable bonds is 6. The summed E-state index contributed by atoms with van der Waals surface area (Å²) in [5.41, 5.74) is 1.94. The minimum Gasteiger partial charge on any atom is -0.462 e. The van der Waals surface area contributed by atoms with Crippen LogP contribution in [-0.4, -0.2) is 23.6 Å². The van der Waals surface area contributed by atoms with Crippen LogP contribution in [-0.2, 0) is 4.74 Å².